The van der Waals surface area contributed by atoms with Crippen molar-refractivity contribution in [2.75, 3.05) is 33.8 Å². The highest BCUT2D eigenvalue weighted by atomic mass is 127. The lowest BCUT2D eigenvalue weighted by Gasteiger charge is -2.11. The number of aliphatic imine (C=N–C) groups is 1. The lowest BCUT2D eigenvalue weighted by Crippen LogP contribution is -2.36. The topological polar surface area (TPSA) is 74.9 Å². The van der Waals surface area contributed by atoms with Gasteiger partial charge in [0.25, 0.3) is 0 Å². The zero-order chi connectivity index (χ0) is 23.5. The summed E-state index contributed by atoms with van der Waals surface area (Å²) in [5.41, 5.74) is 4.13. The van der Waals surface area contributed by atoms with Crippen LogP contribution in [0.1, 0.15) is 30.2 Å². The largest absolute Gasteiger partial charge is 0.494 e. The van der Waals surface area contributed by atoms with Gasteiger partial charge in [-0.2, -0.15) is 0 Å². The fraction of sp³-hybridized carbons (Fsp3) is 0.385. The van der Waals surface area contributed by atoms with E-state index >= 15 is 0 Å². The summed E-state index contributed by atoms with van der Waals surface area (Å²) in [6.45, 7) is 7.73. The van der Waals surface area contributed by atoms with Crippen LogP contribution in [0.3, 0.4) is 0 Å². The molecular weight excluding hydrogens is 541 g/mol. The Morgan fingerprint density at radius 3 is 2.47 bits per heavy atom. The van der Waals surface area contributed by atoms with Gasteiger partial charge in [0, 0.05) is 18.7 Å². The summed E-state index contributed by atoms with van der Waals surface area (Å²) in [7, 11) is 4.14. The molecule has 0 aliphatic carbocycles. The molecule has 0 aliphatic rings. The molecule has 0 unspecified atom stereocenters. The van der Waals surface area contributed by atoms with E-state index in [9.17, 15) is 0 Å². The summed E-state index contributed by atoms with van der Waals surface area (Å²) in [4.78, 5) is 11.4. The van der Waals surface area contributed by atoms with Crippen LogP contribution in [0.4, 0.5) is 0 Å². The lowest BCUT2D eigenvalue weighted by molar-refractivity contribution is 0.281. The molecule has 1 heterocycles. The van der Waals surface area contributed by atoms with E-state index in [1.807, 2.05) is 31.2 Å². The van der Waals surface area contributed by atoms with E-state index in [4.69, 9.17) is 9.15 Å². The molecule has 3 aromatic rings. The first-order valence-corrected chi connectivity index (χ1v) is 11.4. The van der Waals surface area contributed by atoms with Gasteiger partial charge in [-0.05, 0) is 64.2 Å². The van der Waals surface area contributed by atoms with Crippen molar-refractivity contribution in [1.82, 2.24) is 20.5 Å². The third-order valence-corrected chi connectivity index (χ3v) is 4.99. The summed E-state index contributed by atoms with van der Waals surface area (Å²) >= 11 is 0. The predicted molar refractivity (Wildman–Crippen MR) is 149 cm³/mol. The second kappa shape index (κ2) is 14.6. The van der Waals surface area contributed by atoms with Gasteiger partial charge in [-0.1, -0.05) is 29.8 Å². The van der Waals surface area contributed by atoms with Crippen LogP contribution in [0.25, 0.3) is 11.5 Å². The van der Waals surface area contributed by atoms with Crippen LogP contribution in [0.5, 0.6) is 5.75 Å². The first kappa shape index (κ1) is 27.7. The van der Waals surface area contributed by atoms with E-state index in [2.05, 4.69) is 70.8 Å². The molecule has 2 aromatic carbocycles. The van der Waals surface area contributed by atoms with Crippen molar-refractivity contribution in [3.63, 3.8) is 0 Å². The number of guanidine groups is 1. The molecule has 0 spiro atoms. The van der Waals surface area contributed by atoms with Gasteiger partial charge in [0.1, 0.15) is 12.0 Å². The molecule has 0 amide bonds. The highest BCUT2D eigenvalue weighted by molar-refractivity contribution is 14.0. The van der Waals surface area contributed by atoms with Crippen molar-refractivity contribution in [3.8, 4) is 17.2 Å². The van der Waals surface area contributed by atoms with Crippen LogP contribution in [0.15, 0.2) is 64.2 Å². The maximum absolute atomic E-state index is 5.80. The smallest absolute Gasteiger partial charge is 0.226 e. The van der Waals surface area contributed by atoms with Gasteiger partial charge >= 0.3 is 0 Å². The number of aromatic nitrogens is 1. The molecular formula is C26H36IN5O2. The van der Waals surface area contributed by atoms with Gasteiger partial charge in [0.2, 0.25) is 5.89 Å². The number of oxazole rings is 1. The molecule has 0 saturated carbocycles. The SMILES string of the molecule is CCNC(=NCc1ccc(OCCCN(C)C)cc1)NCc1coc(-c2ccc(C)cc2)n1.I. The van der Waals surface area contributed by atoms with Crippen LogP contribution in [0, 0.1) is 6.92 Å². The zero-order valence-electron chi connectivity index (χ0n) is 20.5. The second-order valence-corrected chi connectivity index (χ2v) is 8.21. The normalized spacial score (nSPS) is 11.3. The molecule has 3 rings (SSSR count). The van der Waals surface area contributed by atoms with Crippen LogP contribution in [-0.4, -0.2) is 49.6 Å². The average Bonchev–Trinajstić information content (AvgIpc) is 3.29. The van der Waals surface area contributed by atoms with E-state index in [1.54, 1.807) is 6.26 Å². The Balaban J connectivity index is 0.00000408. The molecule has 8 heteroatoms. The highest BCUT2D eigenvalue weighted by Crippen LogP contribution is 2.19. The summed E-state index contributed by atoms with van der Waals surface area (Å²) in [5.74, 6) is 2.25. The third kappa shape index (κ3) is 9.34. The van der Waals surface area contributed by atoms with E-state index in [1.165, 1.54) is 5.56 Å². The number of halogens is 1. The fourth-order valence-corrected chi connectivity index (χ4v) is 3.17. The number of hydrogen-bond donors (Lipinski definition) is 2. The van der Waals surface area contributed by atoms with Gasteiger partial charge < -0.3 is 24.7 Å². The lowest BCUT2D eigenvalue weighted by atomic mass is 10.1. The van der Waals surface area contributed by atoms with Crippen LogP contribution >= 0.6 is 24.0 Å². The molecule has 0 atom stereocenters. The van der Waals surface area contributed by atoms with Crippen LogP contribution < -0.4 is 15.4 Å². The molecule has 0 aliphatic heterocycles. The van der Waals surface area contributed by atoms with Crippen LogP contribution in [0.2, 0.25) is 0 Å². The van der Waals surface area contributed by atoms with Gasteiger partial charge in [0.15, 0.2) is 5.96 Å². The number of nitrogens with one attached hydrogen (secondary N) is 2. The molecule has 184 valence electrons. The maximum Gasteiger partial charge on any atom is 0.226 e. The Labute approximate surface area is 220 Å². The standard InChI is InChI=1S/C26H35N5O2.HI/c1-5-27-26(28-17-21-9-13-24(14-10-21)32-16-6-15-31(3)4)29-18-23-19-33-25(30-23)22-11-7-20(2)8-12-22;/h7-14,19H,5-6,15-18H2,1-4H3,(H2,27,28,29);1H. The first-order chi connectivity index (χ1) is 16.0. The maximum atomic E-state index is 5.80. The summed E-state index contributed by atoms with van der Waals surface area (Å²) in [5, 5.41) is 6.60. The monoisotopic (exact) mass is 577 g/mol. The van der Waals surface area contributed by atoms with Gasteiger partial charge in [0.05, 0.1) is 25.4 Å². The van der Waals surface area contributed by atoms with Crippen molar-refractivity contribution < 1.29 is 9.15 Å². The number of nitrogens with zero attached hydrogens (tertiary/aromatic N) is 3. The molecule has 2 N–H and O–H groups in total. The second-order valence-electron chi connectivity index (χ2n) is 8.21. The van der Waals surface area contributed by atoms with E-state index in [0.29, 0.717) is 19.0 Å². The average molecular weight is 578 g/mol. The van der Waals surface area contributed by atoms with Crippen molar-refractivity contribution in [1.29, 1.82) is 0 Å². The van der Waals surface area contributed by atoms with Gasteiger partial charge in [-0.15, -0.1) is 24.0 Å². The Morgan fingerprint density at radius 1 is 1.06 bits per heavy atom. The minimum absolute atomic E-state index is 0. The Morgan fingerprint density at radius 2 is 1.79 bits per heavy atom. The molecule has 7 nitrogen and oxygen atoms in total. The highest BCUT2D eigenvalue weighted by Gasteiger charge is 2.07. The van der Waals surface area contributed by atoms with Gasteiger partial charge in [-0.3, -0.25) is 0 Å². The number of benzene rings is 2. The number of rotatable bonds is 11. The summed E-state index contributed by atoms with van der Waals surface area (Å²) in [6, 6.07) is 16.3. The first-order valence-electron chi connectivity index (χ1n) is 11.4. The fourth-order valence-electron chi connectivity index (χ4n) is 3.17. The number of hydrogen-bond acceptors (Lipinski definition) is 5. The summed E-state index contributed by atoms with van der Waals surface area (Å²) in [6.07, 6.45) is 2.69. The van der Waals surface area contributed by atoms with Gasteiger partial charge in [-0.25, -0.2) is 9.98 Å². The Bertz CT molecular complexity index is 1000. The van der Waals surface area contributed by atoms with Crippen LogP contribution in [-0.2, 0) is 13.1 Å². The quantitative estimate of drug-likeness (QED) is 0.147. The van der Waals surface area contributed by atoms with Crippen molar-refractivity contribution in [2.45, 2.75) is 33.4 Å². The van der Waals surface area contributed by atoms with E-state index in [0.717, 1.165) is 54.6 Å². The van der Waals surface area contributed by atoms with Crippen molar-refractivity contribution >= 4 is 29.9 Å². The summed E-state index contributed by atoms with van der Waals surface area (Å²) < 4.78 is 11.4. The number of aryl methyl sites for hydroxylation is 1. The van der Waals surface area contributed by atoms with Crippen molar-refractivity contribution in [2.24, 2.45) is 4.99 Å². The molecule has 0 bridgehead atoms. The Hall–Kier alpha value is -2.59. The minimum atomic E-state index is 0. The molecule has 0 fully saturated rings. The zero-order valence-corrected chi connectivity index (χ0v) is 22.8. The minimum Gasteiger partial charge on any atom is -0.494 e. The molecule has 34 heavy (non-hydrogen) atoms. The number of ether oxygens (including phenoxy) is 1. The molecule has 0 saturated heterocycles. The van der Waals surface area contributed by atoms with E-state index < -0.39 is 0 Å². The van der Waals surface area contributed by atoms with E-state index in [-0.39, 0.29) is 24.0 Å². The predicted octanol–water partition coefficient (Wildman–Crippen LogP) is 4.85. The molecule has 1 aromatic heterocycles. The van der Waals surface area contributed by atoms with Crippen molar-refractivity contribution in [3.05, 3.63) is 71.6 Å². The third-order valence-electron chi connectivity index (χ3n) is 4.99. The molecule has 0 radical (unpaired) electrons. The Kier molecular flexibility index (Phi) is 11.9.